The summed E-state index contributed by atoms with van der Waals surface area (Å²) in [7, 11) is -3.03. The van der Waals surface area contributed by atoms with Crippen molar-refractivity contribution in [1.82, 2.24) is 5.32 Å². The fourth-order valence-electron chi connectivity index (χ4n) is 3.31. The number of hydrogen-bond donors (Lipinski definition) is 2. The third kappa shape index (κ3) is 12.0. The maximum absolute atomic E-state index is 12.9. The van der Waals surface area contributed by atoms with Gasteiger partial charge in [-0.15, -0.1) is 13.2 Å². The van der Waals surface area contributed by atoms with Crippen molar-refractivity contribution in [2.45, 2.75) is 38.5 Å². The fraction of sp³-hybridized carbons (Fsp3) is 0.400. The molecule has 0 saturated heterocycles. The summed E-state index contributed by atoms with van der Waals surface area (Å²) >= 11 is 0. The van der Waals surface area contributed by atoms with Crippen molar-refractivity contribution in [3.05, 3.63) is 59.7 Å². The number of alkyl carbamates (subject to hydrolysis) is 1. The van der Waals surface area contributed by atoms with E-state index in [1.54, 1.807) is 37.3 Å². The lowest BCUT2D eigenvalue weighted by Gasteiger charge is -2.19. The molecule has 1 amide bonds. The number of methoxy groups -OCH3 is 1. The summed E-state index contributed by atoms with van der Waals surface area (Å²) in [4.78, 5) is 46.3. The first-order valence-corrected chi connectivity index (χ1v) is 13.9. The van der Waals surface area contributed by atoms with E-state index >= 15 is 0 Å². The Morgan fingerprint density at radius 1 is 1.02 bits per heavy atom. The van der Waals surface area contributed by atoms with Gasteiger partial charge >= 0.3 is 24.4 Å². The number of alkyl halides is 3. The van der Waals surface area contributed by atoms with Gasteiger partial charge in [0.15, 0.2) is 18.1 Å². The van der Waals surface area contributed by atoms with Crippen LogP contribution in [-0.2, 0) is 41.1 Å². The Balaban J connectivity index is 2.05. The second kappa shape index (κ2) is 15.1. The van der Waals surface area contributed by atoms with Crippen molar-refractivity contribution >= 4 is 25.4 Å². The summed E-state index contributed by atoms with van der Waals surface area (Å²) in [5.74, 6) is -2.97. The predicted molar refractivity (Wildman–Crippen MR) is 134 cm³/mol. The van der Waals surface area contributed by atoms with Crippen LogP contribution >= 0.6 is 7.37 Å². The SMILES string of the molecule is CCOC(=O)COc1ccc(CP(=O)(O)CCC(NC(=O)OCc2ccccc2)C(=O)OC)cc1OC(F)(F)F. The highest BCUT2D eigenvalue weighted by molar-refractivity contribution is 7.57. The molecule has 0 radical (unpaired) electrons. The number of esters is 2. The lowest BCUT2D eigenvalue weighted by molar-refractivity contribution is -0.275. The molecule has 2 aromatic carbocycles. The molecule has 0 aromatic heterocycles. The smallest absolute Gasteiger partial charge is 0.478 e. The van der Waals surface area contributed by atoms with Crippen LogP contribution in [0.3, 0.4) is 0 Å². The van der Waals surface area contributed by atoms with Gasteiger partial charge in [-0.3, -0.25) is 4.57 Å². The van der Waals surface area contributed by atoms with Crippen LogP contribution in [0, 0.1) is 0 Å². The van der Waals surface area contributed by atoms with Gasteiger partial charge in [0.05, 0.1) is 13.7 Å². The third-order valence-electron chi connectivity index (χ3n) is 5.07. The zero-order valence-corrected chi connectivity index (χ0v) is 22.5. The Morgan fingerprint density at radius 3 is 2.35 bits per heavy atom. The van der Waals surface area contributed by atoms with Crippen molar-refractivity contribution in [1.29, 1.82) is 0 Å². The van der Waals surface area contributed by atoms with Crippen LogP contribution in [0.1, 0.15) is 24.5 Å². The van der Waals surface area contributed by atoms with Crippen molar-refractivity contribution < 1.29 is 60.7 Å². The number of ether oxygens (including phenoxy) is 5. The second-order valence-corrected chi connectivity index (χ2v) is 10.7. The summed E-state index contributed by atoms with van der Waals surface area (Å²) in [5, 5.41) is 2.28. The first kappa shape index (κ1) is 32.4. The Morgan fingerprint density at radius 2 is 1.73 bits per heavy atom. The van der Waals surface area contributed by atoms with Gasteiger partial charge in [0.2, 0.25) is 7.37 Å². The molecule has 0 saturated carbocycles. The molecule has 40 heavy (non-hydrogen) atoms. The maximum atomic E-state index is 12.9. The standard InChI is InChI=1S/C25H29F3NO10P/c1-3-36-22(30)15-37-20-10-9-18(13-21(20)39-25(26,27)28)16-40(33,34)12-11-19(23(31)35-2)29-24(32)38-14-17-7-5-4-6-8-17/h4-10,13,19H,3,11-12,14-16H2,1-2H3,(H,29,32)(H,33,34). The number of benzene rings is 2. The van der Waals surface area contributed by atoms with Crippen LogP contribution in [0.4, 0.5) is 18.0 Å². The van der Waals surface area contributed by atoms with Crippen molar-refractivity contribution in [2.75, 3.05) is 26.5 Å². The number of amides is 1. The van der Waals surface area contributed by atoms with Gasteiger partial charge in [0.25, 0.3) is 0 Å². The zero-order chi connectivity index (χ0) is 29.8. The second-order valence-electron chi connectivity index (χ2n) is 8.22. The van der Waals surface area contributed by atoms with Crippen molar-refractivity contribution in [3.63, 3.8) is 0 Å². The van der Waals surface area contributed by atoms with E-state index in [-0.39, 0.29) is 25.2 Å². The van der Waals surface area contributed by atoms with E-state index in [9.17, 15) is 37.0 Å². The number of rotatable bonds is 14. The highest BCUT2D eigenvalue weighted by Gasteiger charge is 2.33. The fourth-order valence-corrected chi connectivity index (χ4v) is 4.89. The van der Waals surface area contributed by atoms with Gasteiger partial charge in [0, 0.05) is 12.3 Å². The van der Waals surface area contributed by atoms with Gasteiger partial charge in [-0.25, -0.2) is 14.4 Å². The highest BCUT2D eigenvalue weighted by atomic mass is 31.2. The Hall–Kier alpha value is -3.77. The molecule has 0 aliphatic rings. The van der Waals surface area contributed by atoms with E-state index in [0.29, 0.717) is 5.56 Å². The lowest BCUT2D eigenvalue weighted by Crippen LogP contribution is -2.42. The van der Waals surface area contributed by atoms with Gasteiger partial charge in [-0.1, -0.05) is 36.4 Å². The molecule has 11 nitrogen and oxygen atoms in total. The molecular formula is C25H29F3NO10P. The topological polar surface area (TPSA) is 147 Å². The number of halogens is 3. The minimum Gasteiger partial charge on any atom is -0.478 e. The molecule has 0 spiro atoms. The molecule has 2 unspecified atom stereocenters. The number of nitrogens with one attached hydrogen (secondary N) is 1. The molecule has 0 aliphatic carbocycles. The van der Waals surface area contributed by atoms with Crippen LogP contribution in [0.25, 0.3) is 0 Å². The molecule has 15 heteroatoms. The number of carbonyl (C=O) groups is 3. The van der Waals surface area contributed by atoms with E-state index in [1.165, 1.54) is 6.07 Å². The Bertz CT molecular complexity index is 1190. The van der Waals surface area contributed by atoms with Crippen molar-refractivity contribution in [2.24, 2.45) is 0 Å². The average Bonchev–Trinajstić information content (AvgIpc) is 2.88. The summed E-state index contributed by atoms with van der Waals surface area (Å²) in [6.07, 6.45) is -7.49. The zero-order valence-electron chi connectivity index (χ0n) is 21.6. The number of hydrogen-bond acceptors (Lipinski definition) is 9. The summed E-state index contributed by atoms with van der Waals surface area (Å²) in [5.41, 5.74) is 0.678. The molecule has 0 fully saturated rings. The van der Waals surface area contributed by atoms with Gasteiger partial charge in [0.1, 0.15) is 12.6 Å². The molecule has 2 N–H and O–H groups in total. The van der Waals surface area contributed by atoms with E-state index in [4.69, 9.17) is 9.47 Å². The quantitative estimate of drug-likeness (QED) is 0.187. The van der Waals surface area contributed by atoms with Gasteiger partial charge < -0.3 is 33.9 Å². The monoisotopic (exact) mass is 591 g/mol. The van der Waals surface area contributed by atoms with E-state index < -0.39 is 68.2 Å². The average molecular weight is 591 g/mol. The van der Waals surface area contributed by atoms with Crippen molar-refractivity contribution in [3.8, 4) is 11.5 Å². The minimum absolute atomic E-state index is 0.0154. The third-order valence-corrected chi connectivity index (χ3v) is 6.89. The highest BCUT2D eigenvalue weighted by Crippen LogP contribution is 2.46. The lowest BCUT2D eigenvalue weighted by atomic mass is 10.2. The molecule has 0 heterocycles. The van der Waals surface area contributed by atoms with Crippen LogP contribution < -0.4 is 14.8 Å². The molecule has 0 bridgehead atoms. The van der Waals surface area contributed by atoms with Gasteiger partial charge in [-0.05, 0) is 36.6 Å². The largest absolute Gasteiger partial charge is 0.573 e. The first-order chi connectivity index (χ1) is 18.8. The maximum Gasteiger partial charge on any atom is 0.573 e. The van der Waals surface area contributed by atoms with Crippen LogP contribution in [-0.4, -0.2) is 61.8 Å². The van der Waals surface area contributed by atoms with Gasteiger partial charge in [-0.2, -0.15) is 0 Å². The summed E-state index contributed by atoms with van der Waals surface area (Å²) in [6, 6.07) is 10.5. The normalized spacial score (nSPS) is 13.3. The Kier molecular flexibility index (Phi) is 12.3. The van der Waals surface area contributed by atoms with Crippen LogP contribution in [0.2, 0.25) is 0 Å². The molecule has 2 rings (SSSR count). The molecular weight excluding hydrogens is 562 g/mol. The predicted octanol–water partition coefficient (Wildman–Crippen LogP) is 4.16. The van der Waals surface area contributed by atoms with Crippen LogP contribution in [0.15, 0.2) is 48.5 Å². The summed E-state index contributed by atoms with van der Waals surface area (Å²) in [6.45, 7) is 0.815. The van der Waals surface area contributed by atoms with E-state index in [2.05, 4.69) is 19.5 Å². The van der Waals surface area contributed by atoms with E-state index in [0.717, 1.165) is 19.2 Å². The molecule has 2 aromatic rings. The summed E-state index contributed by atoms with van der Waals surface area (Å²) < 4.78 is 75.0. The van der Waals surface area contributed by atoms with E-state index in [1.807, 2.05) is 0 Å². The molecule has 0 aliphatic heterocycles. The molecule has 2 atom stereocenters. The Labute approximate surface area is 228 Å². The number of carbonyl (C=O) groups excluding carboxylic acids is 3. The molecule has 220 valence electrons. The van der Waals surface area contributed by atoms with Crippen LogP contribution in [0.5, 0.6) is 11.5 Å². The minimum atomic E-state index is -5.11. The first-order valence-electron chi connectivity index (χ1n) is 11.8.